The van der Waals surface area contributed by atoms with E-state index in [9.17, 15) is 4.79 Å². The molecule has 0 aromatic heterocycles. The van der Waals surface area contributed by atoms with Gasteiger partial charge in [0.15, 0.2) is 0 Å². The number of carbonyl (C=O) groups is 1. The Balaban J connectivity index is 3.76. The first-order valence-electron chi connectivity index (χ1n) is 6.02. The lowest BCUT2D eigenvalue weighted by Gasteiger charge is -2.14. The number of methoxy groups -OCH3 is 1. The van der Waals surface area contributed by atoms with Gasteiger partial charge in [0, 0.05) is 13.7 Å². The van der Waals surface area contributed by atoms with E-state index in [-0.39, 0.29) is 11.8 Å². The molecule has 1 amide bonds. The first-order chi connectivity index (χ1) is 7.26. The fraction of sp³-hybridized carbons (Fsp3) is 0.917. The molecule has 0 radical (unpaired) electrons. The molecule has 0 rings (SSSR count). The third-order valence-electron chi connectivity index (χ3n) is 2.50. The van der Waals surface area contributed by atoms with Crippen LogP contribution in [0, 0.1) is 5.92 Å². The summed E-state index contributed by atoms with van der Waals surface area (Å²) in [5.41, 5.74) is 0. The average Bonchev–Trinajstić information content (AvgIpc) is 2.23. The normalized spacial score (nSPS) is 12.5. The highest BCUT2D eigenvalue weighted by Crippen LogP contribution is 2.11. The Morgan fingerprint density at radius 3 is 2.53 bits per heavy atom. The van der Waals surface area contributed by atoms with Crippen LogP contribution >= 0.6 is 0 Å². The molecule has 0 aliphatic rings. The van der Waals surface area contributed by atoms with Crippen LogP contribution in [0.15, 0.2) is 0 Å². The van der Waals surface area contributed by atoms with E-state index in [4.69, 9.17) is 4.74 Å². The number of ether oxygens (including phenoxy) is 1. The van der Waals surface area contributed by atoms with E-state index in [1.807, 2.05) is 6.92 Å². The summed E-state index contributed by atoms with van der Waals surface area (Å²) in [4.78, 5) is 11.6. The van der Waals surface area contributed by atoms with Gasteiger partial charge in [-0.1, -0.05) is 32.6 Å². The lowest BCUT2D eigenvalue weighted by Crippen LogP contribution is -2.32. The molecule has 0 bridgehead atoms. The Morgan fingerprint density at radius 2 is 2.00 bits per heavy atom. The Bertz CT molecular complexity index is 160. The van der Waals surface area contributed by atoms with Crippen LogP contribution in [0.2, 0.25) is 0 Å². The maximum atomic E-state index is 11.6. The molecule has 0 heterocycles. The molecule has 1 N–H and O–H groups in total. The molecule has 0 saturated carbocycles. The summed E-state index contributed by atoms with van der Waals surface area (Å²) in [6.07, 6.45) is 5.78. The molecule has 0 spiro atoms. The molecule has 0 aromatic rings. The molecule has 3 heteroatoms. The molecule has 0 fully saturated rings. The van der Waals surface area contributed by atoms with Crippen molar-refractivity contribution < 1.29 is 9.53 Å². The van der Waals surface area contributed by atoms with Gasteiger partial charge in [-0.2, -0.15) is 0 Å². The van der Waals surface area contributed by atoms with Gasteiger partial charge in [0.1, 0.15) is 0 Å². The number of hydrogen-bond donors (Lipinski definition) is 1. The third kappa shape index (κ3) is 7.37. The molecular formula is C12H25NO2. The second kappa shape index (κ2) is 9.97. The molecule has 3 nitrogen and oxygen atoms in total. The Morgan fingerprint density at radius 1 is 1.27 bits per heavy atom. The van der Waals surface area contributed by atoms with E-state index in [1.54, 1.807) is 7.11 Å². The van der Waals surface area contributed by atoms with Gasteiger partial charge in [0.2, 0.25) is 5.91 Å². The summed E-state index contributed by atoms with van der Waals surface area (Å²) in [6, 6.07) is 0. The Labute approximate surface area is 93.6 Å². The smallest absolute Gasteiger partial charge is 0.225 e. The second-order valence-electron chi connectivity index (χ2n) is 3.90. The van der Waals surface area contributed by atoms with Crippen molar-refractivity contribution in [3.05, 3.63) is 0 Å². The summed E-state index contributed by atoms with van der Waals surface area (Å²) < 4.78 is 5.07. The van der Waals surface area contributed by atoms with Crippen LogP contribution in [0.5, 0.6) is 0 Å². The zero-order valence-electron chi connectivity index (χ0n) is 10.3. The standard InChI is InChI=1S/C12H25NO2/c1-4-6-7-8-9-11(10-15-3)12(14)13-5-2/h11H,4-10H2,1-3H3,(H,13,14). The van der Waals surface area contributed by atoms with Crippen molar-refractivity contribution in [3.63, 3.8) is 0 Å². The molecule has 90 valence electrons. The lowest BCUT2D eigenvalue weighted by molar-refractivity contribution is -0.126. The zero-order valence-corrected chi connectivity index (χ0v) is 10.3. The van der Waals surface area contributed by atoms with Crippen molar-refractivity contribution in [1.29, 1.82) is 0 Å². The third-order valence-corrected chi connectivity index (χ3v) is 2.50. The number of unbranched alkanes of at least 4 members (excludes halogenated alkanes) is 3. The van der Waals surface area contributed by atoms with Crippen LogP contribution in [0.1, 0.15) is 46.0 Å². The van der Waals surface area contributed by atoms with Gasteiger partial charge in [-0.05, 0) is 13.3 Å². The van der Waals surface area contributed by atoms with Crippen molar-refractivity contribution in [3.8, 4) is 0 Å². The van der Waals surface area contributed by atoms with Gasteiger partial charge in [0.05, 0.1) is 12.5 Å². The van der Waals surface area contributed by atoms with Gasteiger partial charge < -0.3 is 10.1 Å². The molecule has 0 aliphatic heterocycles. The maximum absolute atomic E-state index is 11.6. The minimum atomic E-state index is 0.0341. The molecular weight excluding hydrogens is 190 g/mol. The van der Waals surface area contributed by atoms with Crippen molar-refractivity contribution in [1.82, 2.24) is 5.32 Å². The van der Waals surface area contributed by atoms with E-state index in [2.05, 4.69) is 12.2 Å². The van der Waals surface area contributed by atoms with E-state index in [1.165, 1.54) is 19.3 Å². The molecule has 1 atom stereocenters. The van der Waals surface area contributed by atoms with Crippen LogP contribution in [-0.4, -0.2) is 26.2 Å². The van der Waals surface area contributed by atoms with Gasteiger partial charge in [-0.3, -0.25) is 4.79 Å². The lowest BCUT2D eigenvalue weighted by atomic mass is 10.0. The van der Waals surface area contributed by atoms with Gasteiger partial charge in [-0.25, -0.2) is 0 Å². The van der Waals surface area contributed by atoms with Crippen LogP contribution in [-0.2, 0) is 9.53 Å². The highest BCUT2D eigenvalue weighted by molar-refractivity contribution is 5.78. The van der Waals surface area contributed by atoms with Crippen LogP contribution in [0.25, 0.3) is 0 Å². The topological polar surface area (TPSA) is 38.3 Å². The minimum Gasteiger partial charge on any atom is -0.384 e. The van der Waals surface area contributed by atoms with Crippen molar-refractivity contribution >= 4 is 5.91 Å². The molecule has 15 heavy (non-hydrogen) atoms. The Hall–Kier alpha value is -0.570. The average molecular weight is 215 g/mol. The fourth-order valence-corrected chi connectivity index (χ4v) is 1.63. The summed E-state index contributed by atoms with van der Waals surface area (Å²) in [7, 11) is 1.65. The highest BCUT2D eigenvalue weighted by atomic mass is 16.5. The van der Waals surface area contributed by atoms with Crippen LogP contribution < -0.4 is 5.32 Å². The number of amides is 1. The van der Waals surface area contributed by atoms with E-state index >= 15 is 0 Å². The monoisotopic (exact) mass is 215 g/mol. The summed E-state index contributed by atoms with van der Waals surface area (Å²) in [6.45, 7) is 5.38. The zero-order chi connectivity index (χ0) is 11.5. The maximum Gasteiger partial charge on any atom is 0.225 e. The predicted octanol–water partition coefficient (Wildman–Crippen LogP) is 2.36. The quantitative estimate of drug-likeness (QED) is 0.600. The van der Waals surface area contributed by atoms with Crippen molar-refractivity contribution in [2.75, 3.05) is 20.3 Å². The van der Waals surface area contributed by atoms with Gasteiger partial charge in [0.25, 0.3) is 0 Å². The van der Waals surface area contributed by atoms with Crippen molar-refractivity contribution in [2.24, 2.45) is 5.92 Å². The Kier molecular flexibility index (Phi) is 9.59. The number of hydrogen-bond acceptors (Lipinski definition) is 2. The van der Waals surface area contributed by atoms with Crippen molar-refractivity contribution in [2.45, 2.75) is 46.0 Å². The molecule has 0 saturated heterocycles. The minimum absolute atomic E-state index is 0.0341. The largest absolute Gasteiger partial charge is 0.384 e. The predicted molar refractivity (Wildman–Crippen MR) is 62.8 cm³/mol. The number of nitrogens with one attached hydrogen (secondary N) is 1. The van der Waals surface area contributed by atoms with Gasteiger partial charge >= 0.3 is 0 Å². The van der Waals surface area contributed by atoms with Crippen LogP contribution in [0.3, 0.4) is 0 Å². The SMILES string of the molecule is CCCCCCC(COC)C(=O)NCC. The first-order valence-corrected chi connectivity index (χ1v) is 6.02. The highest BCUT2D eigenvalue weighted by Gasteiger charge is 2.16. The number of carbonyl (C=O) groups excluding carboxylic acids is 1. The van der Waals surface area contributed by atoms with E-state index < -0.39 is 0 Å². The van der Waals surface area contributed by atoms with Crippen LogP contribution in [0.4, 0.5) is 0 Å². The summed E-state index contributed by atoms with van der Waals surface area (Å²) in [5.74, 6) is 0.169. The summed E-state index contributed by atoms with van der Waals surface area (Å²) >= 11 is 0. The molecule has 0 aliphatic carbocycles. The van der Waals surface area contributed by atoms with E-state index in [0.717, 1.165) is 12.8 Å². The molecule has 1 unspecified atom stereocenters. The molecule has 0 aromatic carbocycles. The second-order valence-corrected chi connectivity index (χ2v) is 3.90. The number of rotatable bonds is 9. The van der Waals surface area contributed by atoms with Gasteiger partial charge in [-0.15, -0.1) is 0 Å². The van der Waals surface area contributed by atoms with E-state index in [0.29, 0.717) is 13.2 Å². The fourth-order valence-electron chi connectivity index (χ4n) is 1.63. The summed E-state index contributed by atoms with van der Waals surface area (Å²) in [5, 5.41) is 2.85. The first kappa shape index (κ1) is 14.4.